The molecule has 2 N–H and O–H groups in total. The average molecular weight is 168 g/mol. The highest BCUT2D eigenvalue weighted by Crippen LogP contribution is 2.15. The van der Waals surface area contributed by atoms with E-state index in [-0.39, 0.29) is 6.04 Å². The summed E-state index contributed by atoms with van der Waals surface area (Å²) in [6, 6.07) is 0.0266. The van der Waals surface area contributed by atoms with Gasteiger partial charge in [0.25, 0.3) is 0 Å². The van der Waals surface area contributed by atoms with Gasteiger partial charge in [0.1, 0.15) is 0 Å². The molecule has 0 radical (unpaired) electrons. The first kappa shape index (κ1) is 9.19. The van der Waals surface area contributed by atoms with Crippen LogP contribution in [0, 0.1) is 5.92 Å². The smallest absolute Gasteiger partial charge is 0.0994 e. The first-order chi connectivity index (χ1) is 5.59. The number of aromatic nitrogens is 3. The third kappa shape index (κ3) is 2.30. The predicted molar refractivity (Wildman–Crippen MR) is 47.4 cm³/mol. The topological polar surface area (TPSA) is 56.7 Å². The van der Waals surface area contributed by atoms with Gasteiger partial charge in [0.2, 0.25) is 0 Å². The SMILES string of the molecule is CC(C)CC(N)c1cnn(C)n1. The molecule has 1 aromatic heterocycles. The molecule has 0 spiro atoms. The highest BCUT2D eigenvalue weighted by atomic mass is 15.4. The molecule has 0 aliphatic carbocycles. The maximum atomic E-state index is 5.89. The van der Waals surface area contributed by atoms with E-state index in [0.717, 1.165) is 12.1 Å². The van der Waals surface area contributed by atoms with Crippen molar-refractivity contribution in [3.63, 3.8) is 0 Å². The number of hydrogen-bond donors (Lipinski definition) is 1. The molecule has 0 saturated carbocycles. The fourth-order valence-corrected chi connectivity index (χ4v) is 1.16. The maximum Gasteiger partial charge on any atom is 0.0994 e. The summed E-state index contributed by atoms with van der Waals surface area (Å²) < 4.78 is 0. The Morgan fingerprint density at radius 3 is 2.67 bits per heavy atom. The molecule has 68 valence electrons. The second-order valence-corrected chi connectivity index (χ2v) is 3.49. The van der Waals surface area contributed by atoms with E-state index >= 15 is 0 Å². The number of aryl methyl sites for hydroxylation is 1. The Morgan fingerprint density at radius 2 is 2.25 bits per heavy atom. The van der Waals surface area contributed by atoms with E-state index in [0.29, 0.717) is 5.92 Å². The second kappa shape index (κ2) is 3.67. The van der Waals surface area contributed by atoms with Crippen molar-refractivity contribution < 1.29 is 0 Å². The van der Waals surface area contributed by atoms with Crippen molar-refractivity contribution in [2.75, 3.05) is 0 Å². The van der Waals surface area contributed by atoms with E-state index in [4.69, 9.17) is 5.73 Å². The van der Waals surface area contributed by atoms with Gasteiger partial charge in [0.05, 0.1) is 17.9 Å². The van der Waals surface area contributed by atoms with Crippen LogP contribution in [0.2, 0.25) is 0 Å². The summed E-state index contributed by atoms with van der Waals surface area (Å²) >= 11 is 0. The zero-order chi connectivity index (χ0) is 9.14. The first-order valence-corrected chi connectivity index (χ1v) is 4.21. The lowest BCUT2D eigenvalue weighted by molar-refractivity contribution is 0.496. The monoisotopic (exact) mass is 168 g/mol. The lowest BCUT2D eigenvalue weighted by atomic mass is 10.0. The Morgan fingerprint density at radius 1 is 1.58 bits per heavy atom. The third-order valence-electron chi connectivity index (χ3n) is 1.72. The van der Waals surface area contributed by atoms with E-state index in [1.807, 2.05) is 0 Å². The molecule has 0 saturated heterocycles. The van der Waals surface area contributed by atoms with E-state index in [2.05, 4.69) is 24.0 Å². The Kier molecular flexibility index (Phi) is 2.81. The highest BCUT2D eigenvalue weighted by molar-refractivity contribution is 4.98. The summed E-state index contributed by atoms with van der Waals surface area (Å²) in [6.45, 7) is 4.30. The quantitative estimate of drug-likeness (QED) is 0.728. The van der Waals surface area contributed by atoms with Crippen molar-refractivity contribution in [1.29, 1.82) is 0 Å². The molecule has 0 amide bonds. The molecular weight excluding hydrogens is 152 g/mol. The molecule has 4 nitrogen and oxygen atoms in total. The van der Waals surface area contributed by atoms with Crippen molar-refractivity contribution in [2.45, 2.75) is 26.3 Å². The maximum absolute atomic E-state index is 5.89. The van der Waals surface area contributed by atoms with Crippen LogP contribution in [0.25, 0.3) is 0 Å². The van der Waals surface area contributed by atoms with Gasteiger partial charge in [-0.05, 0) is 12.3 Å². The molecule has 0 aliphatic heterocycles. The summed E-state index contributed by atoms with van der Waals surface area (Å²) in [5, 5.41) is 8.11. The van der Waals surface area contributed by atoms with Gasteiger partial charge in [0, 0.05) is 7.05 Å². The van der Waals surface area contributed by atoms with Gasteiger partial charge < -0.3 is 5.73 Å². The van der Waals surface area contributed by atoms with Crippen molar-refractivity contribution >= 4 is 0 Å². The predicted octanol–water partition coefficient (Wildman–Crippen LogP) is 0.861. The number of nitrogens with zero attached hydrogens (tertiary/aromatic N) is 3. The number of rotatable bonds is 3. The van der Waals surface area contributed by atoms with Crippen LogP contribution in [0.5, 0.6) is 0 Å². The molecule has 0 bridgehead atoms. The van der Waals surface area contributed by atoms with Crippen LogP contribution in [0.1, 0.15) is 32.0 Å². The minimum absolute atomic E-state index is 0.0266. The van der Waals surface area contributed by atoms with Crippen LogP contribution in [-0.2, 0) is 7.05 Å². The normalized spacial score (nSPS) is 13.8. The molecule has 0 aromatic carbocycles. The molecular formula is C8H16N4. The van der Waals surface area contributed by atoms with E-state index in [1.54, 1.807) is 13.2 Å². The zero-order valence-corrected chi connectivity index (χ0v) is 7.86. The van der Waals surface area contributed by atoms with Crippen molar-refractivity contribution in [3.8, 4) is 0 Å². The van der Waals surface area contributed by atoms with Crippen LogP contribution in [0.4, 0.5) is 0 Å². The second-order valence-electron chi connectivity index (χ2n) is 3.49. The summed E-state index contributed by atoms with van der Waals surface area (Å²) in [5.74, 6) is 0.599. The van der Waals surface area contributed by atoms with Gasteiger partial charge >= 0.3 is 0 Å². The molecule has 1 heterocycles. The van der Waals surface area contributed by atoms with Crippen LogP contribution in [0.15, 0.2) is 6.20 Å². The summed E-state index contributed by atoms with van der Waals surface area (Å²) in [7, 11) is 1.80. The van der Waals surface area contributed by atoms with Crippen molar-refractivity contribution in [3.05, 3.63) is 11.9 Å². The molecule has 12 heavy (non-hydrogen) atoms. The molecule has 1 atom stereocenters. The Hall–Kier alpha value is -0.900. The molecule has 1 aromatic rings. The largest absolute Gasteiger partial charge is 0.323 e. The van der Waals surface area contributed by atoms with Gasteiger partial charge in [-0.15, -0.1) is 0 Å². The Bertz CT molecular complexity index is 241. The van der Waals surface area contributed by atoms with Gasteiger partial charge in [0.15, 0.2) is 0 Å². The van der Waals surface area contributed by atoms with E-state index < -0.39 is 0 Å². The van der Waals surface area contributed by atoms with E-state index in [9.17, 15) is 0 Å². The molecule has 1 unspecified atom stereocenters. The van der Waals surface area contributed by atoms with E-state index in [1.165, 1.54) is 4.80 Å². The molecule has 1 rings (SSSR count). The van der Waals surface area contributed by atoms with Gasteiger partial charge in [-0.2, -0.15) is 15.0 Å². The third-order valence-corrected chi connectivity index (χ3v) is 1.72. The summed E-state index contributed by atoms with van der Waals surface area (Å²) in [4.78, 5) is 1.54. The van der Waals surface area contributed by atoms with Crippen LogP contribution < -0.4 is 5.73 Å². The fourth-order valence-electron chi connectivity index (χ4n) is 1.16. The summed E-state index contributed by atoms with van der Waals surface area (Å²) in [6.07, 6.45) is 2.69. The van der Waals surface area contributed by atoms with Gasteiger partial charge in [-0.25, -0.2) is 0 Å². The Balaban J connectivity index is 2.58. The zero-order valence-electron chi connectivity index (χ0n) is 7.86. The Labute approximate surface area is 72.8 Å². The van der Waals surface area contributed by atoms with Gasteiger partial charge in [-0.3, -0.25) is 0 Å². The minimum Gasteiger partial charge on any atom is -0.323 e. The molecule has 4 heteroatoms. The number of hydrogen-bond acceptors (Lipinski definition) is 3. The van der Waals surface area contributed by atoms with Crippen molar-refractivity contribution in [2.24, 2.45) is 18.7 Å². The highest BCUT2D eigenvalue weighted by Gasteiger charge is 2.10. The summed E-state index contributed by atoms with van der Waals surface area (Å²) in [5.41, 5.74) is 6.77. The average Bonchev–Trinajstić information content (AvgIpc) is 2.34. The van der Waals surface area contributed by atoms with Crippen LogP contribution in [0.3, 0.4) is 0 Å². The molecule has 0 fully saturated rings. The van der Waals surface area contributed by atoms with Crippen LogP contribution >= 0.6 is 0 Å². The van der Waals surface area contributed by atoms with Gasteiger partial charge in [-0.1, -0.05) is 13.8 Å². The standard InChI is InChI=1S/C8H16N4/c1-6(2)4-7(9)8-5-10-12(3)11-8/h5-7H,4,9H2,1-3H3. The van der Waals surface area contributed by atoms with Crippen molar-refractivity contribution in [1.82, 2.24) is 15.0 Å². The molecule has 0 aliphatic rings. The minimum atomic E-state index is 0.0266. The fraction of sp³-hybridized carbons (Fsp3) is 0.750. The first-order valence-electron chi connectivity index (χ1n) is 4.21. The lowest BCUT2D eigenvalue weighted by Crippen LogP contribution is -2.13. The van der Waals surface area contributed by atoms with Crippen LogP contribution in [-0.4, -0.2) is 15.0 Å². The lowest BCUT2D eigenvalue weighted by Gasteiger charge is -2.09. The number of nitrogens with two attached hydrogens (primary N) is 1.